The summed E-state index contributed by atoms with van der Waals surface area (Å²) in [6.45, 7) is 2.26. The number of nitrogens with one attached hydrogen (secondary N) is 1. The van der Waals surface area contributed by atoms with Gasteiger partial charge >= 0.3 is 0 Å². The topological polar surface area (TPSA) is 68.1 Å². The fourth-order valence-electron chi connectivity index (χ4n) is 2.99. The molecule has 5 nitrogen and oxygen atoms in total. The van der Waals surface area contributed by atoms with Gasteiger partial charge in [-0.25, -0.2) is 4.98 Å². The summed E-state index contributed by atoms with van der Waals surface area (Å²) in [5.74, 6) is 0.745. The van der Waals surface area contributed by atoms with E-state index in [2.05, 4.69) is 17.2 Å². The third-order valence-corrected chi connectivity index (χ3v) is 4.00. The molecule has 1 aromatic carbocycles. The summed E-state index contributed by atoms with van der Waals surface area (Å²) in [4.78, 5) is 14.9. The van der Waals surface area contributed by atoms with E-state index >= 15 is 0 Å². The molecular weight excluding hydrogens is 254 g/mol. The van der Waals surface area contributed by atoms with Crippen LogP contribution >= 0.6 is 0 Å². The number of pyridine rings is 1. The van der Waals surface area contributed by atoms with E-state index < -0.39 is 0 Å². The molecule has 5 heteroatoms. The number of rotatable bonds is 3. The number of aromatic nitrogens is 1. The van der Waals surface area contributed by atoms with Crippen molar-refractivity contribution in [2.45, 2.75) is 32.2 Å². The predicted octanol–water partition coefficient (Wildman–Crippen LogP) is 3.74. The highest BCUT2D eigenvalue weighted by Crippen LogP contribution is 2.33. The van der Waals surface area contributed by atoms with E-state index in [1.54, 1.807) is 12.3 Å². The van der Waals surface area contributed by atoms with E-state index in [1.165, 1.54) is 12.5 Å². The minimum Gasteiger partial charge on any atom is -0.382 e. The van der Waals surface area contributed by atoms with Crippen LogP contribution in [0.2, 0.25) is 0 Å². The maximum atomic E-state index is 11.1. The molecule has 3 rings (SSSR count). The van der Waals surface area contributed by atoms with Gasteiger partial charge in [0.2, 0.25) is 0 Å². The van der Waals surface area contributed by atoms with Gasteiger partial charge in [-0.05, 0) is 43.4 Å². The lowest BCUT2D eigenvalue weighted by Gasteiger charge is -2.15. The van der Waals surface area contributed by atoms with Crippen molar-refractivity contribution in [3.05, 3.63) is 40.6 Å². The molecule has 2 aromatic rings. The first-order chi connectivity index (χ1) is 9.65. The highest BCUT2D eigenvalue weighted by molar-refractivity contribution is 5.96. The molecule has 1 fully saturated rings. The van der Waals surface area contributed by atoms with Crippen molar-refractivity contribution in [3.8, 4) is 0 Å². The van der Waals surface area contributed by atoms with Crippen molar-refractivity contribution in [2.75, 3.05) is 5.32 Å². The van der Waals surface area contributed by atoms with E-state index in [9.17, 15) is 10.1 Å². The largest absolute Gasteiger partial charge is 0.382 e. The molecule has 0 aliphatic heterocycles. The molecule has 0 bridgehead atoms. The zero-order valence-electron chi connectivity index (χ0n) is 11.4. The van der Waals surface area contributed by atoms with E-state index in [-0.39, 0.29) is 10.6 Å². The fraction of sp³-hybridized carbons (Fsp3) is 0.400. The number of benzene rings is 1. The molecule has 1 aliphatic carbocycles. The quantitative estimate of drug-likeness (QED) is 0.682. The van der Waals surface area contributed by atoms with Crippen LogP contribution in [-0.4, -0.2) is 15.9 Å². The Morgan fingerprint density at radius 3 is 2.90 bits per heavy atom. The Balaban J connectivity index is 2.00. The summed E-state index contributed by atoms with van der Waals surface area (Å²) in [5.41, 5.74) is 1.46. The number of non-ortho nitro benzene ring substituents is 1. The van der Waals surface area contributed by atoms with Crippen molar-refractivity contribution in [3.63, 3.8) is 0 Å². The normalized spacial score (nSPS) is 22.1. The van der Waals surface area contributed by atoms with Gasteiger partial charge < -0.3 is 5.32 Å². The summed E-state index contributed by atoms with van der Waals surface area (Å²) in [6, 6.07) is 7.49. The maximum Gasteiger partial charge on any atom is 0.295 e. The van der Waals surface area contributed by atoms with Gasteiger partial charge in [-0.15, -0.1) is 0 Å². The van der Waals surface area contributed by atoms with E-state index in [1.807, 2.05) is 12.1 Å². The van der Waals surface area contributed by atoms with Gasteiger partial charge in [-0.1, -0.05) is 6.92 Å². The van der Waals surface area contributed by atoms with Gasteiger partial charge in [0, 0.05) is 29.4 Å². The lowest BCUT2D eigenvalue weighted by molar-refractivity contribution is -0.383. The van der Waals surface area contributed by atoms with Gasteiger partial charge in [-0.2, -0.15) is 0 Å². The molecule has 2 unspecified atom stereocenters. The van der Waals surface area contributed by atoms with Crippen LogP contribution in [0, 0.1) is 16.0 Å². The van der Waals surface area contributed by atoms with Crippen LogP contribution in [0.25, 0.3) is 10.9 Å². The van der Waals surface area contributed by atoms with E-state index in [0.717, 1.165) is 29.8 Å². The zero-order chi connectivity index (χ0) is 14.1. The Kier molecular flexibility index (Phi) is 3.26. The van der Waals surface area contributed by atoms with Crippen LogP contribution in [0.3, 0.4) is 0 Å². The van der Waals surface area contributed by atoms with Crippen LogP contribution in [0.1, 0.15) is 26.2 Å². The zero-order valence-corrected chi connectivity index (χ0v) is 11.4. The van der Waals surface area contributed by atoms with E-state index in [4.69, 9.17) is 0 Å². The lowest BCUT2D eigenvalue weighted by Crippen LogP contribution is -2.15. The number of hydrogen-bond donors (Lipinski definition) is 1. The minimum absolute atomic E-state index is 0.0611. The summed E-state index contributed by atoms with van der Waals surface area (Å²) in [7, 11) is 0. The van der Waals surface area contributed by atoms with Crippen LogP contribution < -0.4 is 5.32 Å². The molecular formula is C15H17N3O2. The first-order valence-electron chi connectivity index (χ1n) is 6.94. The number of hydrogen-bond acceptors (Lipinski definition) is 4. The molecule has 0 amide bonds. The minimum atomic E-state index is -0.378. The number of fused-ring (bicyclic) bond motifs is 1. The smallest absolute Gasteiger partial charge is 0.295 e. The van der Waals surface area contributed by atoms with Gasteiger partial charge in [0.1, 0.15) is 5.52 Å². The highest BCUT2D eigenvalue weighted by atomic mass is 16.6. The Bertz CT molecular complexity index is 657. The summed E-state index contributed by atoms with van der Waals surface area (Å²) < 4.78 is 0. The average Bonchev–Trinajstić information content (AvgIpc) is 2.84. The van der Waals surface area contributed by atoms with Crippen LogP contribution in [-0.2, 0) is 0 Å². The Hall–Kier alpha value is -2.17. The van der Waals surface area contributed by atoms with Gasteiger partial charge in [0.05, 0.1) is 4.92 Å². The summed E-state index contributed by atoms with van der Waals surface area (Å²) in [5, 5.41) is 15.4. The first-order valence-corrected chi connectivity index (χ1v) is 6.94. The SMILES string of the molecule is CC1CCC(Nc2ccc([N+](=O)[O-])c3ncccc23)C1. The third kappa shape index (κ3) is 2.31. The van der Waals surface area contributed by atoms with Crippen molar-refractivity contribution in [1.29, 1.82) is 0 Å². The molecule has 104 valence electrons. The molecule has 1 saturated carbocycles. The van der Waals surface area contributed by atoms with Crippen LogP contribution in [0.5, 0.6) is 0 Å². The summed E-state index contributed by atoms with van der Waals surface area (Å²) in [6.07, 6.45) is 5.14. The Labute approximate surface area is 117 Å². The number of nitrogens with zero attached hydrogens (tertiary/aromatic N) is 2. The molecule has 1 heterocycles. The standard InChI is InChI=1S/C15H17N3O2/c1-10-4-5-11(9-10)17-13-6-7-14(18(19)20)15-12(13)3-2-8-16-15/h2-3,6-8,10-11,17H,4-5,9H2,1H3. The molecule has 2 atom stereocenters. The number of anilines is 1. The average molecular weight is 271 g/mol. The second-order valence-electron chi connectivity index (χ2n) is 5.55. The fourth-order valence-corrected chi connectivity index (χ4v) is 2.99. The van der Waals surface area contributed by atoms with Gasteiger partial charge in [0.25, 0.3) is 5.69 Å². The third-order valence-electron chi connectivity index (χ3n) is 4.00. The number of nitro benzene ring substituents is 1. The Morgan fingerprint density at radius 2 is 2.20 bits per heavy atom. The van der Waals surface area contributed by atoms with Crippen LogP contribution in [0.15, 0.2) is 30.5 Å². The molecule has 0 saturated heterocycles. The van der Waals surface area contributed by atoms with Crippen molar-refractivity contribution >= 4 is 22.3 Å². The molecule has 20 heavy (non-hydrogen) atoms. The van der Waals surface area contributed by atoms with Crippen molar-refractivity contribution in [2.24, 2.45) is 5.92 Å². The predicted molar refractivity (Wildman–Crippen MR) is 78.8 cm³/mol. The lowest BCUT2D eigenvalue weighted by atomic mass is 10.1. The van der Waals surface area contributed by atoms with Crippen LogP contribution in [0.4, 0.5) is 11.4 Å². The van der Waals surface area contributed by atoms with Crippen molar-refractivity contribution < 1.29 is 4.92 Å². The van der Waals surface area contributed by atoms with Gasteiger partial charge in [0.15, 0.2) is 0 Å². The molecule has 1 aliphatic rings. The van der Waals surface area contributed by atoms with Crippen molar-refractivity contribution in [1.82, 2.24) is 4.98 Å². The molecule has 0 radical (unpaired) electrons. The maximum absolute atomic E-state index is 11.1. The molecule has 0 spiro atoms. The van der Waals surface area contributed by atoms with Gasteiger partial charge in [-0.3, -0.25) is 10.1 Å². The Morgan fingerprint density at radius 1 is 1.35 bits per heavy atom. The molecule has 1 N–H and O–H groups in total. The monoisotopic (exact) mass is 271 g/mol. The number of nitro groups is 1. The second-order valence-corrected chi connectivity index (χ2v) is 5.55. The second kappa shape index (κ2) is 5.07. The summed E-state index contributed by atoms with van der Waals surface area (Å²) >= 11 is 0. The first kappa shape index (κ1) is 12.8. The van der Waals surface area contributed by atoms with E-state index in [0.29, 0.717) is 11.6 Å². The molecule has 1 aromatic heterocycles. The highest BCUT2D eigenvalue weighted by Gasteiger charge is 2.22.